The number of hydrogen-bond acceptors (Lipinski definition) is 3. The molecular weight excluding hydrogens is 192 g/mol. The van der Waals surface area contributed by atoms with Crippen molar-refractivity contribution in [1.29, 1.82) is 0 Å². The molecule has 1 aliphatic heterocycles. The lowest BCUT2D eigenvalue weighted by Gasteiger charge is -2.11. The zero-order chi connectivity index (χ0) is 11.4. The van der Waals surface area contributed by atoms with Gasteiger partial charge < -0.3 is 9.84 Å². The number of ether oxygens (including phenoxy) is 1. The number of esters is 1. The van der Waals surface area contributed by atoms with E-state index in [0.29, 0.717) is 5.92 Å². The third kappa shape index (κ3) is 3.49. The van der Waals surface area contributed by atoms with Crippen molar-refractivity contribution < 1.29 is 14.6 Å². The predicted octanol–water partition coefficient (Wildman–Crippen LogP) is 2.13. The molecular formula is C12H22O3. The minimum atomic E-state index is -0.600. The van der Waals surface area contributed by atoms with Crippen LogP contribution in [0.5, 0.6) is 0 Å². The molecule has 0 radical (unpaired) electrons. The molecule has 0 aliphatic carbocycles. The van der Waals surface area contributed by atoms with E-state index >= 15 is 0 Å². The first-order chi connectivity index (χ1) is 7.02. The smallest absolute Gasteiger partial charge is 0.312 e. The van der Waals surface area contributed by atoms with Crippen LogP contribution in [0.4, 0.5) is 0 Å². The normalized spacial score (nSPS) is 31.0. The second-order valence-corrected chi connectivity index (χ2v) is 4.92. The number of aliphatic hydroxyl groups excluding tert-OH is 1. The highest BCUT2D eigenvalue weighted by molar-refractivity contribution is 5.75. The van der Waals surface area contributed by atoms with Crippen molar-refractivity contribution in [1.82, 2.24) is 0 Å². The maximum absolute atomic E-state index is 11.3. The van der Waals surface area contributed by atoms with Gasteiger partial charge in [0, 0.05) is 0 Å². The topological polar surface area (TPSA) is 46.5 Å². The summed E-state index contributed by atoms with van der Waals surface area (Å²) in [5, 5.41) is 9.69. The average Bonchev–Trinajstić information content (AvgIpc) is 2.37. The number of aliphatic hydroxyl groups is 1. The van der Waals surface area contributed by atoms with Crippen molar-refractivity contribution in [3.8, 4) is 0 Å². The van der Waals surface area contributed by atoms with Gasteiger partial charge in [-0.2, -0.15) is 0 Å². The molecule has 88 valence electrons. The van der Waals surface area contributed by atoms with Gasteiger partial charge in [0.1, 0.15) is 12.2 Å². The van der Waals surface area contributed by atoms with E-state index in [0.717, 1.165) is 19.3 Å². The first kappa shape index (κ1) is 12.5. The fourth-order valence-corrected chi connectivity index (χ4v) is 2.01. The molecule has 1 fully saturated rings. The summed E-state index contributed by atoms with van der Waals surface area (Å²) in [6.07, 6.45) is 3.15. The molecule has 0 aromatic heterocycles. The van der Waals surface area contributed by atoms with Gasteiger partial charge in [-0.1, -0.05) is 33.1 Å². The largest absolute Gasteiger partial charge is 0.460 e. The SMILES string of the molecule is CC(C)CCCC[C@H]1C(=O)O[C@H](C)[C@@H]1O. The second-order valence-electron chi connectivity index (χ2n) is 4.92. The van der Waals surface area contributed by atoms with Gasteiger partial charge in [-0.25, -0.2) is 0 Å². The van der Waals surface area contributed by atoms with Crippen LogP contribution >= 0.6 is 0 Å². The fraction of sp³-hybridized carbons (Fsp3) is 0.917. The standard InChI is InChI=1S/C12H22O3/c1-8(2)6-4-5-7-10-11(13)9(3)15-12(10)14/h8-11,13H,4-7H2,1-3H3/t9-,10-,11+/m1/s1. The lowest BCUT2D eigenvalue weighted by atomic mass is 9.94. The first-order valence-corrected chi connectivity index (χ1v) is 5.91. The van der Waals surface area contributed by atoms with Crippen LogP contribution in [-0.4, -0.2) is 23.3 Å². The molecule has 1 N–H and O–H groups in total. The van der Waals surface area contributed by atoms with Crippen LogP contribution in [-0.2, 0) is 9.53 Å². The summed E-state index contributed by atoms with van der Waals surface area (Å²) in [6, 6.07) is 0. The number of hydrogen-bond donors (Lipinski definition) is 1. The molecule has 0 aromatic rings. The molecule has 3 heteroatoms. The highest BCUT2D eigenvalue weighted by Crippen LogP contribution is 2.26. The molecule has 0 bridgehead atoms. The Bertz CT molecular complexity index is 213. The third-order valence-corrected chi connectivity index (χ3v) is 3.04. The quantitative estimate of drug-likeness (QED) is 0.563. The van der Waals surface area contributed by atoms with E-state index in [-0.39, 0.29) is 18.0 Å². The van der Waals surface area contributed by atoms with Crippen molar-refractivity contribution in [2.24, 2.45) is 11.8 Å². The molecule has 3 atom stereocenters. The zero-order valence-corrected chi connectivity index (χ0v) is 9.90. The molecule has 3 nitrogen and oxygen atoms in total. The Hall–Kier alpha value is -0.570. The minimum Gasteiger partial charge on any atom is -0.460 e. The predicted molar refractivity (Wildman–Crippen MR) is 58.4 cm³/mol. The first-order valence-electron chi connectivity index (χ1n) is 5.91. The molecule has 0 unspecified atom stereocenters. The van der Waals surface area contributed by atoms with E-state index in [1.54, 1.807) is 6.92 Å². The van der Waals surface area contributed by atoms with Gasteiger partial charge in [0.15, 0.2) is 0 Å². The summed E-state index contributed by atoms with van der Waals surface area (Å²) in [4.78, 5) is 11.3. The van der Waals surface area contributed by atoms with Crippen LogP contribution in [0.1, 0.15) is 46.5 Å². The third-order valence-electron chi connectivity index (χ3n) is 3.04. The lowest BCUT2D eigenvalue weighted by molar-refractivity contribution is -0.143. The van der Waals surface area contributed by atoms with E-state index in [1.807, 2.05) is 0 Å². The van der Waals surface area contributed by atoms with Crippen molar-refractivity contribution in [2.45, 2.75) is 58.7 Å². The van der Waals surface area contributed by atoms with Gasteiger partial charge >= 0.3 is 5.97 Å². The molecule has 1 rings (SSSR count). The Morgan fingerprint density at radius 1 is 1.40 bits per heavy atom. The van der Waals surface area contributed by atoms with E-state index in [2.05, 4.69) is 13.8 Å². The van der Waals surface area contributed by atoms with Gasteiger partial charge in [0.25, 0.3) is 0 Å². The maximum Gasteiger partial charge on any atom is 0.312 e. The van der Waals surface area contributed by atoms with Crippen LogP contribution in [0.25, 0.3) is 0 Å². The summed E-state index contributed by atoms with van der Waals surface area (Å²) in [7, 11) is 0. The number of rotatable bonds is 5. The molecule has 0 saturated carbocycles. The highest BCUT2D eigenvalue weighted by atomic mass is 16.6. The Morgan fingerprint density at radius 3 is 2.53 bits per heavy atom. The molecule has 1 heterocycles. The van der Waals surface area contributed by atoms with Crippen molar-refractivity contribution in [2.75, 3.05) is 0 Å². The summed E-state index contributed by atoms with van der Waals surface area (Å²) in [6.45, 7) is 6.14. The van der Waals surface area contributed by atoms with Gasteiger partial charge in [0.05, 0.1) is 5.92 Å². The molecule has 1 saturated heterocycles. The van der Waals surface area contributed by atoms with Gasteiger partial charge in [0.2, 0.25) is 0 Å². The van der Waals surface area contributed by atoms with Crippen LogP contribution < -0.4 is 0 Å². The van der Waals surface area contributed by atoms with Crippen LogP contribution in [0.15, 0.2) is 0 Å². The molecule has 15 heavy (non-hydrogen) atoms. The summed E-state index contributed by atoms with van der Waals surface area (Å²) < 4.78 is 4.98. The van der Waals surface area contributed by atoms with E-state index in [1.165, 1.54) is 6.42 Å². The van der Waals surface area contributed by atoms with Gasteiger partial charge in [-0.3, -0.25) is 4.79 Å². The van der Waals surface area contributed by atoms with E-state index < -0.39 is 6.10 Å². The Balaban J connectivity index is 2.23. The van der Waals surface area contributed by atoms with Crippen molar-refractivity contribution in [3.63, 3.8) is 0 Å². The summed E-state index contributed by atoms with van der Waals surface area (Å²) in [5.74, 6) is 0.205. The number of carbonyl (C=O) groups is 1. The molecule has 1 aliphatic rings. The van der Waals surface area contributed by atoms with Gasteiger partial charge in [-0.15, -0.1) is 0 Å². The minimum absolute atomic E-state index is 0.223. The fourth-order valence-electron chi connectivity index (χ4n) is 2.01. The van der Waals surface area contributed by atoms with Crippen LogP contribution in [0, 0.1) is 11.8 Å². The van der Waals surface area contributed by atoms with Gasteiger partial charge in [-0.05, 0) is 19.3 Å². The number of unbranched alkanes of at least 4 members (excludes halogenated alkanes) is 1. The van der Waals surface area contributed by atoms with Crippen LogP contribution in [0.2, 0.25) is 0 Å². The Kier molecular flexibility index (Phi) is 4.58. The van der Waals surface area contributed by atoms with Crippen molar-refractivity contribution >= 4 is 5.97 Å². The lowest BCUT2D eigenvalue weighted by Crippen LogP contribution is -2.24. The Labute approximate surface area is 91.8 Å². The second kappa shape index (κ2) is 5.50. The summed E-state index contributed by atoms with van der Waals surface area (Å²) in [5.41, 5.74) is 0. The maximum atomic E-state index is 11.3. The van der Waals surface area contributed by atoms with Crippen LogP contribution in [0.3, 0.4) is 0 Å². The monoisotopic (exact) mass is 214 g/mol. The summed E-state index contributed by atoms with van der Waals surface area (Å²) >= 11 is 0. The average molecular weight is 214 g/mol. The molecule has 0 amide bonds. The molecule has 0 spiro atoms. The van der Waals surface area contributed by atoms with E-state index in [4.69, 9.17) is 4.74 Å². The Morgan fingerprint density at radius 2 is 2.07 bits per heavy atom. The highest BCUT2D eigenvalue weighted by Gasteiger charge is 2.40. The number of carbonyl (C=O) groups excluding carboxylic acids is 1. The number of cyclic esters (lactones) is 1. The molecule has 0 aromatic carbocycles. The van der Waals surface area contributed by atoms with E-state index in [9.17, 15) is 9.90 Å². The zero-order valence-electron chi connectivity index (χ0n) is 9.90. The van der Waals surface area contributed by atoms with Crippen molar-refractivity contribution in [3.05, 3.63) is 0 Å².